The lowest BCUT2D eigenvalue weighted by Gasteiger charge is -2.28. The second kappa shape index (κ2) is 4.08. The quantitative estimate of drug-likeness (QED) is 0.565. The molecule has 1 aliphatic heterocycles. The summed E-state index contributed by atoms with van der Waals surface area (Å²) in [6.45, 7) is 3.56. The highest BCUT2D eigenvalue weighted by Crippen LogP contribution is 2.38. The lowest BCUT2D eigenvalue weighted by Crippen LogP contribution is -2.33. The number of fused-ring (bicyclic) bond motifs is 1. The number of rotatable bonds is 2. The number of hydrogen-bond donors (Lipinski definition) is 0. The molecule has 3 nitrogen and oxygen atoms in total. The van der Waals surface area contributed by atoms with Crippen molar-refractivity contribution in [2.75, 3.05) is 0 Å². The Morgan fingerprint density at radius 1 is 1.38 bits per heavy atom. The Hall–Kier alpha value is -1.64. The number of Topliss-reactive ketones (excluding diaryl/α,β-unsaturated/α-hetero) is 1. The van der Waals surface area contributed by atoms with Crippen LogP contribution in [0.15, 0.2) is 24.3 Å². The fourth-order valence-electron chi connectivity index (χ4n) is 2.11. The van der Waals surface area contributed by atoms with Crippen molar-refractivity contribution in [3.8, 4) is 5.75 Å². The predicted molar refractivity (Wildman–Crippen MR) is 59.3 cm³/mol. The molecule has 2 rings (SSSR count). The van der Waals surface area contributed by atoms with E-state index >= 15 is 0 Å². The van der Waals surface area contributed by atoms with E-state index in [-0.39, 0.29) is 23.6 Å². The van der Waals surface area contributed by atoms with Crippen LogP contribution in [0.25, 0.3) is 0 Å². The van der Waals surface area contributed by atoms with Gasteiger partial charge in [0.05, 0.1) is 11.8 Å². The van der Waals surface area contributed by atoms with Crippen molar-refractivity contribution in [1.29, 1.82) is 0 Å². The zero-order chi connectivity index (χ0) is 11.7. The highest BCUT2D eigenvalue weighted by atomic mass is 16.5. The Bertz CT molecular complexity index is 437. The van der Waals surface area contributed by atoms with Crippen molar-refractivity contribution in [3.05, 3.63) is 29.8 Å². The van der Waals surface area contributed by atoms with E-state index in [1.54, 1.807) is 19.1 Å². The Morgan fingerprint density at radius 2 is 2.06 bits per heavy atom. The first-order chi connectivity index (χ1) is 7.65. The average molecular weight is 218 g/mol. The number of carbonyl (C=O) groups excluding carboxylic acids is 2. The van der Waals surface area contributed by atoms with Crippen LogP contribution in [-0.2, 0) is 9.59 Å². The fourth-order valence-corrected chi connectivity index (χ4v) is 2.11. The summed E-state index contributed by atoms with van der Waals surface area (Å²) in [6.07, 6.45) is 0.441. The first-order valence-electron chi connectivity index (χ1n) is 5.48. The van der Waals surface area contributed by atoms with E-state index < -0.39 is 0 Å². The van der Waals surface area contributed by atoms with Gasteiger partial charge in [-0.25, -0.2) is 0 Å². The van der Waals surface area contributed by atoms with E-state index in [4.69, 9.17) is 4.74 Å². The minimum Gasteiger partial charge on any atom is -0.426 e. The predicted octanol–water partition coefficient (Wildman–Crippen LogP) is 2.30. The summed E-state index contributed by atoms with van der Waals surface area (Å²) in [5.74, 6) is -0.427. The lowest BCUT2D eigenvalue weighted by atomic mass is 9.81. The van der Waals surface area contributed by atoms with Gasteiger partial charge in [0, 0.05) is 12.0 Å². The van der Waals surface area contributed by atoms with E-state index in [1.807, 2.05) is 19.1 Å². The average Bonchev–Trinajstić information content (AvgIpc) is 2.30. The van der Waals surface area contributed by atoms with Crippen molar-refractivity contribution in [3.63, 3.8) is 0 Å². The molecule has 2 atom stereocenters. The summed E-state index contributed by atoms with van der Waals surface area (Å²) in [6, 6.07) is 7.25. The summed E-state index contributed by atoms with van der Waals surface area (Å²) >= 11 is 0. The van der Waals surface area contributed by atoms with Gasteiger partial charge < -0.3 is 4.74 Å². The molecule has 0 saturated heterocycles. The number of benzene rings is 1. The molecular formula is C13H14O3. The van der Waals surface area contributed by atoms with Crippen LogP contribution in [0.1, 0.15) is 31.7 Å². The number of carbonyl (C=O) groups is 2. The van der Waals surface area contributed by atoms with Gasteiger partial charge >= 0.3 is 5.97 Å². The molecule has 84 valence electrons. The molecule has 1 aliphatic rings. The van der Waals surface area contributed by atoms with Gasteiger partial charge in [0.2, 0.25) is 0 Å². The summed E-state index contributed by atoms with van der Waals surface area (Å²) in [5, 5.41) is 0. The number of esters is 1. The van der Waals surface area contributed by atoms with Crippen molar-refractivity contribution in [2.45, 2.75) is 26.2 Å². The molecule has 1 heterocycles. The van der Waals surface area contributed by atoms with Crippen LogP contribution < -0.4 is 4.74 Å². The zero-order valence-electron chi connectivity index (χ0n) is 9.40. The summed E-state index contributed by atoms with van der Waals surface area (Å²) in [7, 11) is 0. The maximum atomic E-state index is 11.9. The van der Waals surface area contributed by atoms with Gasteiger partial charge in [-0.2, -0.15) is 0 Å². The highest BCUT2D eigenvalue weighted by Gasteiger charge is 2.37. The molecule has 0 N–H and O–H groups in total. The standard InChI is InChI=1S/C13H14O3/c1-3-10(14)12-8(2)13(15)16-11-7-5-4-6-9(11)12/h4-8,12H,3H2,1-2H3/t8-,12+/m0/s1. The molecular weight excluding hydrogens is 204 g/mol. The van der Waals surface area contributed by atoms with E-state index in [9.17, 15) is 9.59 Å². The summed E-state index contributed by atoms with van der Waals surface area (Å²) in [5.41, 5.74) is 0.835. The van der Waals surface area contributed by atoms with Gasteiger partial charge in [-0.1, -0.05) is 32.0 Å². The molecule has 0 bridgehead atoms. The number of hydrogen-bond acceptors (Lipinski definition) is 3. The third kappa shape index (κ3) is 1.62. The zero-order valence-corrected chi connectivity index (χ0v) is 9.40. The SMILES string of the molecule is CCC(=O)[C@H]1c2ccccc2OC(=O)[C@H]1C. The second-order valence-electron chi connectivity index (χ2n) is 4.05. The van der Waals surface area contributed by atoms with Gasteiger partial charge in [-0.15, -0.1) is 0 Å². The van der Waals surface area contributed by atoms with Gasteiger partial charge in [0.15, 0.2) is 0 Å². The minimum atomic E-state index is -0.387. The van der Waals surface area contributed by atoms with Gasteiger partial charge in [0.25, 0.3) is 0 Å². The van der Waals surface area contributed by atoms with Crippen LogP contribution in [0.4, 0.5) is 0 Å². The molecule has 0 unspecified atom stereocenters. The number of ether oxygens (including phenoxy) is 1. The van der Waals surface area contributed by atoms with Crippen LogP contribution in [0.2, 0.25) is 0 Å². The third-order valence-electron chi connectivity index (χ3n) is 3.03. The Labute approximate surface area is 94.4 Å². The van der Waals surface area contributed by atoms with E-state index in [2.05, 4.69) is 0 Å². The summed E-state index contributed by atoms with van der Waals surface area (Å²) < 4.78 is 5.18. The van der Waals surface area contributed by atoms with Gasteiger partial charge in [0.1, 0.15) is 11.5 Å². The smallest absolute Gasteiger partial charge is 0.315 e. The fraction of sp³-hybridized carbons (Fsp3) is 0.385. The molecule has 0 aromatic heterocycles. The van der Waals surface area contributed by atoms with Crippen LogP contribution in [-0.4, -0.2) is 11.8 Å². The molecule has 1 aromatic carbocycles. The normalized spacial score (nSPS) is 23.5. The molecule has 0 aliphatic carbocycles. The summed E-state index contributed by atoms with van der Waals surface area (Å²) in [4.78, 5) is 23.5. The van der Waals surface area contributed by atoms with Crippen LogP contribution in [0, 0.1) is 5.92 Å². The maximum Gasteiger partial charge on any atom is 0.315 e. The molecule has 16 heavy (non-hydrogen) atoms. The third-order valence-corrected chi connectivity index (χ3v) is 3.03. The molecule has 0 radical (unpaired) electrons. The van der Waals surface area contributed by atoms with Gasteiger partial charge in [-0.3, -0.25) is 9.59 Å². The van der Waals surface area contributed by atoms with E-state index in [0.717, 1.165) is 5.56 Å². The molecule has 1 aromatic rings. The second-order valence-corrected chi connectivity index (χ2v) is 4.05. The van der Waals surface area contributed by atoms with E-state index in [0.29, 0.717) is 12.2 Å². The highest BCUT2D eigenvalue weighted by molar-refractivity contribution is 5.93. The van der Waals surface area contributed by atoms with Crippen LogP contribution in [0.5, 0.6) is 5.75 Å². The molecule has 0 fully saturated rings. The Balaban J connectivity index is 2.50. The minimum absolute atomic E-state index is 0.0941. The maximum absolute atomic E-state index is 11.9. The largest absolute Gasteiger partial charge is 0.426 e. The Kier molecular flexibility index (Phi) is 2.77. The van der Waals surface area contributed by atoms with Crippen molar-refractivity contribution in [2.24, 2.45) is 5.92 Å². The van der Waals surface area contributed by atoms with Crippen LogP contribution >= 0.6 is 0 Å². The van der Waals surface area contributed by atoms with E-state index in [1.165, 1.54) is 0 Å². The van der Waals surface area contributed by atoms with Crippen LogP contribution in [0.3, 0.4) is 0 Å². The van der Waals surface area contributed by atoms with Crippen molar-refractivity contribution in [1.82, 2.24) is 0 Å². The first kappa shape index (κ1) is 10.9. The first-order valence-corrected chi connectivity index (χ1v) is 5.48. The number of para-hydroxylation sites is 1. The van der Waals surface area contributed by atoms with Crippen molar-refractivity contribution < 1.29 is 14.3 Å². The van der Waals surface area contributed by atoms with Gasteiger partial charge in [-0.05, 0) is 6.07 Å². The molecule has 0 saturated carbocycles. The molecule has 0 spiro atoms. The molecule has 3 heteroatoms. The molecule has 0 amide bonds. The monoisotopic (exact) mass is 218 g/mol. The Morgan fingerprint density at radius 3 is 2.75 bits per heavy atom. The number of ketones is 1. The lowest BCUT2D eigenvalue weighted by molar-refractivity contribution is -0.143. The van der Waals surface area contributed by atoms with Crippen molar-refractivity contribution >= 4 is 11.8 Å². The topological polar surface area (TPSA) is 43.4 Å².